The van der Waals surface area contributed by atoms with Crippen LogP contribution in [0.4, 0.5) is 0 Å². The highest BCUT2D eigenvalue weighted by atomic mass is 79.9. The number of amidine groups is 1. The van der Waals surface area contributed by atoms with Crippen molar-refractivity contribution in [1.82, 2.24) is 9.21 Å². The zero-order valence-corrected chi connectivity index (χ0v) is 30.0. The minimum atomic E-state index is -4.06. The molecule has 6 rings (SSSR count). The molecule has 5 aromatic rings. The molecule has 1 aliphatic rings. The number of aromatic hydroxyl groups is 1. The molecule has 0 fully saturated rings. The van der Waals surface area contributed by atoms with Crippen LogP contribution in [-0.2, 0) is 16.6 Å². The van der Waals surface area contributed by atoms with Crippen molar-refractivity contribution in [1.29, 1.82) is 0 Å². The second-order valence-corrected chi connectivity index (χ2v) is 15.3. The molecule has 0 radical (unpaired) electrons. The Kier molecular flexibility index (Phi) is 9.98. The van der Waals surface area contributed by atoms with Gasteiger partial charge in [0.1, 0.15) is 17.6 Å². The van der Waals surface area contributed by atoms with E-state index < -0.39 is 22.1 Å². The first-order chi connectivity index (χ1) is 22.6. The van der Waals surface area contributed by atoms with Gasteiger partial charge in [0.2, 0.25) is 0 Å². The van der Waals surface area contributed by atoms with E-state index in [4.69, 9.17) is 4.99 Å². The fraction of sp³-hybridized carbons (Fsp3) is 0.184. The first kappa shape index (κ1) is 33.2. The van der Waals surface area contributed by atoms with Crippen LogP contribution in [0.15, 0.2) is 146 Å². The molecule has 0 saturated heterocycles. The van der Waals surface area contributed by atoms with Gasteiger partial charge in [-0.15, -0.1) is 0 Å². The van der Waals surface area contributed by atoms with Crippen molar-refractivity contribution in [2.24, 2.45) is 4.99 Å². The first-order valence-corrected chi connectivity index (χ1v) is 18.4. The summed E-state index contributed by atoms with van der Waals surface area (Å²) in [5, 5.41) is 11.1. The number of sulfonamides is 1. The summed E-state index contributed by atoms with van der Waals surface area (Å²) in [7, 11) is -4.06. The molecule has 0 unspecified atom stereocenters. The van der Waals surface area contributed by atoms with E-state index in [-0.39, 0.29) is 23.2 Å². The van der Waals surface area contributed by atoms with Gasteiger partial charge in [-0.1, -0.05) is 125 Å². The Labute approximate surface area is 293 Å². The van der Waals surface area contributed by atoms with Gasteiger partial charge in [0.25, 0.3) is 10.0 Å². The zero-order valence-electron chi connectivity index (χ0n) is 26.0. The highest BCUT2D eigenvalue weighted by Crippen LogP contribution is 2.45. The van der Waals surface area contributed by atoms with Crippen LogP contribution in [0.5, 0.6) is 5.75 Å². The standard InChI is InChI=1S/C38H35Br2N3O3S/c1-26-18-20-33(21-19-26)47(45,46)43-35(41-36(29-14-8-4-9-15-29)37(43)30-16-10-5-11-17-30)25-42(27(2)28-12-6-3-7-13-28)24-31-22-32(39)23-34(40)38(31)44/h3-23,27,36-37,44H,24-25H2,1-2H3/t27-,36-,37-/m0/s1. The monoisotopic (exact) mass is 771 g/mol. The van der Waals surface area contributed by atoms with E-state index in [1.165, 1.54) is 4.31 Å². The Hall–Kier alpha value is -3.76. The van der Waals surface area contributed by atoms with Gasteiger partial charge in [-0.25, -0.2) is 12.7 Å². The van der Waals surface area contributed by atoms with Crippen LogP contribution in [-0.4, -0.2) is 35.1 Å². The second kappa shape index (κ2) is 14.2. The topological polar surface area (TPSA) is 73.2 Å². The van der Waals surface area contributed by atoms with Gasteiger partial charge in [-0.05, 0) is 70.7 Å². The van der Waals surface area contributed by atoms with Crippen molar-refractivity contribution < 1.29 is 13.5 Å². The lowest BCUT2D eigenvalue weighted by Crippen LogP contribution is -2.43. The van der Waals surface area contributed by atoms with Gasteiger partial charge in [-0.2, -0.15) is 0 Å². The van der Waals surface area contributed by atoms with E-state index in [9.17, 15) is 13.5 Å². The average molecular weight is 774 g/mol. The Balaban J connectivity index is 1.52. The molecular weight excluding hydrogens is 738 g/mol. The van der Waals surface area contributed by atoms with Gasteiger partial charge >= 0.3 is 0 Å². The molecule has 3 atom stereocenters. The van der Waals surface area contributed by atoms with E-state index >= 15 is 0 Å². The van der Waals surface area contributed by atoms with Crippen molar-refractivity contribution in [3.8, 4) is 5.75 Å². The molecule has 1 heterocycles. The van der Waals surface area contributed by atoms with E-state index in [0.29, 0.717) is 22.4 Å². The number of hydrogen-bond acceptors (Lipinski definition) is 5. The summed E-state index contributed by atoms with van der Waals surface area (Å²) in [5.74, 6) is 0.574. The Bertz CT molecular complexity index is 1970. The molecule has 5 aromatic carbocycles. The van der Waals surface area contributed by atoms with Gasteiger partial charge in [0.15, 0.2) is 0 Å². The number of hydrogen-bond donors (Lipinski definition) is 1. The Morgan fingerprint density at radius 3 is 2.00 bits per heavy atom. The summed E-state index contributed by atoms with van der Waals surface area (Å²) in [4.78, 5) is 7.63. The smallest absolute Gasteiger partial charge is 0.265 e. The largest absolute Gasteiger partial charge is 0.506 e. The van der Waals surface area contributed by atoms with Crippen LogP contribution in [0.3, 0.4) is 0 Å². The summed E-state index contributed by atoms with van der Waals surface area (Å²) >= 11 is 7.05. The third-order valence-corrected chi connectivity index (χ3v) is 11.5. The van der Waals surface area contributed by atoms with Crippen LogP contribution in [0.2, 0.25) is 0 Å². The molecule has 47 heavy (non-hydrogen) atoms. The van der Waals surface area contributed by atoms with Crippen LogP contribution < -0.4 is 0 Å². The van der Waals surface area contributed by atoms with Crippen molar-refractivity contribution in [2.75, 3.05) is 6.54 Å². The quantitative estimate of drug-likeness (QED) is 0.154. The number of phenols is 1. The lowest BCUT2D eigenvalue weighted by Gasteiger charge is -2.34. The van der Waals surface area contributed by atoms with Crippen molar-refractivity contribution in [2.45, 2.75) is 43.4 Å². The molecule has 9 heteroatoms. The van der Waals surface area contributed by atoms with E-state index in [0.717, 1.165) is 26.7 Å². The van der Waals surface area contributed by atoms with Crippen LogP contribution >= 0.6 is 31.9 Å². The van der Waals surface area contributed by atoms with Crippen molar-refractivity contribution in [3.05, 3.63) is 164 Å². The second-order valence-electron chi connectivity index (χ2n) is 11.8. The molecule has 0 aromatic heterocycles. The first-order valence-electron chi connectivity index (χ1n) is 15.4. The maximum atomic E-state index is 14.8. The SMILES string of the molecule is Cc1ccc(S(=O)(=O)N2C(CN(Cc3cc(Br)cc(Br)c3O)[C@@H](C)c3ccccc3)=N[C@@H](c3ccccc3)[C@@H]2c2ccccc2)cc1. The minimum absolute atomic E-state index is 0.139. The number of halogens is 2. The number of aryl methyl sites for hydroxylation is 1. The predicted molar refractivity (Wildman–Crippen MR) is 195 cm³/mol. The van der Waals surface area contributed by atoms with Crippen molar-refractivity contribution >= 4 is 47.7 Å². The minimum Gasteiger partial charge on any atom is -0.506 e. The van der Waals surface area contributed by atoms with E-state index in [1.54, 1.807) is 18.2 Å². The molecule has 240 valence electrons. The summed E-state index contributed by atoms with van der Waals surface area (Å²) in [6, 6.07) is 39.2. The Morgan fingerprint density at radius 2 is 1.38 bits per heavy atom. The number of phenolic OH excluding ortho intramolecular Hbond substituents is 1. The zero-order chi connectivity index (χ0) is 33.1. The lowest BCUT2D eigenvalue weighted by molar-refractivity contribution is 0.224. The fourth-order valence-electron chi connectivity index (χ4n) is 6.09. The number of nitrogens with zero attached hydrogens (tertiary/aromatic N) is 3. The molecule has 0 aliphatic carbocycles. The van der Waals surface area contributed by atoms with E-state index in [2.05, 4.69) is 55.8 Å². The number of benzene rings is 5. The van der Waals surface area contributed by atoms with Crippen LogP contribution in [0, 0.1) is 6.92 Å². The highest BCUT2D eigenvalue weighted by Gasteiger charge is 2.45. The third-order valence-electron chi connectivity index (χ3n) is 8.61. The Morgan fingerprint density at radius 1 is 0.809 bits per heavy atom. The fourth-order valence-corrected chi connectivity index (χ4v) is 9.03. The molecular formula is C38H35Br2N3O3S. The predicted octanol–water partition coefficient (Wildman–Crippen LogP) is 9.37. The van der Waals surface area contributed by atoms with Gasteiger partial charge in [0, 0.05) is 22.6 Å². The van der Waals surface area contributed by atoms with E-state index in [1.807, 2.05) is 104 Å². The molecule has 1 N–H and O–H groups in total. The van der Waals surface area contributed by atoms with Gasteiger partial charge in [-0.3, -0.25) is 9.89 Å². The molecule has 0 saturated carbocycles. The van der Waals surface area contributed by atoms with Gasteiger partial charge < -0.3 is 5.11 Å². The number of aliphatic imine (C=N–C) groups is 1. The summed E-state index contributed by atoms with van der Waals surface area (Å²) in [6.45, 7) is 4.58. The number of rotatable bonds is 10. The van der Waals surface area contributed by atoms with Crippen LogP contribution in [0.1, 0.15) is 52.9 Å². The summed E-state index contributed by atoms with van der Waals surface area (Å²) in [6.07, 6.45) is 0. The van der Waals surface area contributed by atoms with Crippen LogP contribution in [0.25, 0.3) is 0 Å². The molecule has 1 aliphatic heterocycles. The molecule has 0 amide bonds. The lowest BCUT2D eigenvalue weighted by atomic mass is 9.95. The average Bonchev–Trinajstić information content (AvgIpc) is 3.47. The molecule has 0 bridgehead atoms. The summed E-state index contributed by atoms with van der Waals surface area (Å²) < 4.78 is 32.6. The molecule has 6 nitrogen and oxygen atoms in total. The maximum absolute atomic E-state index is 14.8. The maximum Gasteiger partial charge on any atom is 0.265 e. The van der Waals surface area contributed by atoms with Crippen molar-refractivity contribution in [3.63, 3.8) is 0 Å². The van der Waals surface area contributed by atoms with Gasteiger partial charge in [0.05, 0.1) is 22.0 Å². The third kappa shape index (κ3) is 7.09. The highest BCUT2D eigenvalue weighted by molar-refractivity contribution is 9.11. The normalized spacial score (nSPS) is 17.1. The summed E-state index contributed by atoms with van der Waals surface area (Å²) in [5.41, 5.74) is 4.51. The molecule has 0 spiro atoms.